The summed E-state index contributed by atoms with van der Waals surface area (Å²) < 4.78 is 10.9. The third-order valence-electron chi connectivity index (χ3n) is 4.21. The van der Waals surface area contributed by atoms with Crippen LogP contribution in [0.15, 0.2) is 66.7 Å². The first kappa shape index (κ1) is 18.3. The standard InChI is InChI=1S/C22H22BrNO2/c1-16-7-9-18(10-8-16)24(19-6-4-5-17(11-19)15-23)20-12-21(25-2)14-22(13-20)26-3/h4-14H,15H2,1-3H3. The summed E-state index contributed by atoms with van der Waals surface area (Å²) in [7, 11) is 3.33. The lowest BCUT2D eigenvalue weighted by molar-refractivity contribution is 0.394. The van der Waals surface area contributed by atoms with Crippen molar-refractivity contribution < 1.29 is 9.47 Å². The lowest BCUT2D eigenvalue weighted by atomic mass is 10.1. The van der Waals surface area contributed by atoms with Gasteiger partial charge in [-0.15, -0.1) is 0 Å². The lowest BCUT2D eigenvalue weighted by Crippen LogP contribution is -2.10. The zero-order chi connectivity index (χ0) is 18.5. The fraction of sp³-hybridized carbons (Fsp3) is 0.182. The third-order valence-corrected chi connectivity index (χ3v) is 4.86. The monoisotopic (exact) mass is 411 g/mol. The molecule has 3 aromatic rings. The Morgan fingerprint density at radius 3 is 2.00 bits per heavy atom. The number of hydrogen-bond acceptors (Lipinski definition) is 3. The first-order valence-corrected chi connectivity index (χ1v) is 9.51. The number of ether oxygens (including phenoxy) is 2. The molecule has 3 rings (SSSR count). The largest absolute Gasteiger partial charge is 0.497 e. The Hall–Kier alpha value is -2.46. The highest BCUT2D eigenvalue weighted by atomic mass is 79.9. The number of aryl methyl sites for hydroxylation is 1. The number of benzene rings is 3. The Morgan fingerprint density at radius 2 is 1.42 bits per heavy atom. The second kappa shape index (κ2) is 8.28. The summed E-state index contributed by atoms with van der Waals surface area (Å²) in [5.41, 5.74) is 5.59. The molecule has 134 valence electrons. The molecule has 0 bridgehead atoms. The molecule has 0 saturated heterocycles. The first-order chi connectivity index (χ1) is 12.6. The summed E-state index contributed by atoms with van der Waals surface area (Å²) in [5, 5.41) is 0.810. The van der Waals surface area contributed by atoms with Gasteiger partial charge in [-0.05, 0) is 36.8 Å². The van der Waals surface area contributed by atoms with Gasteiger partial charge in [0.25, 0.3) is 0 Å². The molecule has 0 atom stereocenters. The van der Waals surface area contributed by atoms with Gasteiger partial charge in [0.05, 0.1) is 19.9 Å². The van der Waals surface area contributed by atoms with Gasteiger partial charge in [0.1, 0.15) is 11.5 Å². The van der Waals surface area contributed by atoms with Crippen molar-refractivity contribution in [2.45, 2.75) is 12.3 Å². The summed E-state index contributed by atoms with van der Waals surface area (Å²) in [6.45, 7) is 2.09. The van der Waals surface area contributed by atoms with Crippen molar-refractivity contribution in [2.24, 2.45) is 0 Å². The SMILES string of the molecule is COc1cc(OC)cc(N(c2ccc(C)cc2)c2cccc(CBr)c2)c1. The number of hydrogen-bond donors (Lipinski definition) is 0. The van der Waals surface area contributed by atoms with Crippen LogP contribution in [0.25, 0.3) is 0 Å². The maximum atomic E-state index is 5.47. The molecule has 26 heavy (non-hydrogen) atoms. The predicted molar refractivity (Wildman–Crippen MR) is 112 cm³/mol. The summed E-state index contributed by atoms with van der Waals surface area (Å²) in [6.07, 6.45) is 0. The van der Waals surface area contributed by atoms with Crippen molar-refractivity contribution in [1.29, 1.82) is 0 Å². The molecule has 3 nitrogen and oxygen atoms in total. The highest BCUT2D eigenvalue weighted by Gasteiger charge is 2.15. The fourth-order valence-corrected chi connectivity index (χ4v) is 3.19. The molecule has 0 aliphatic heterocycles. The van der Waals surface area contributed by atoms with Crippen molar-refractivity contribution in [3.8, 4) is 11.5 Å². The van der Waals surface area contributed by atoms with Gasteiger partial charge >= 0.3 is 0 Å². The van der Waals surface area contributed by atoms with E-state index in [2.05, 4.69) is 76.3 Å². The van der Waals surface area contributed by atoms with Crippen molar-refractivity contribution in [1.82, 2.24) is 0 Å². The van der Waals surface area contributed by atoms with E-state index < -0.39 is 0 Å². The number of methoxy groups -OCH3 is 2. The average Bonchev–Trinajstić information content (AvgIpc) is 2.69. The van der Waals surface area contributed by atoms with Gasteiger partial charge < -0.3 is 14.4 Å². The minimum atomic E-state index is 0.758. The van der Waals surface area contributed by atoms with E-state index in [0.29, 0.717) is 0 Å². The van der Waals surface area contributed by atoms with Crippen molar-refractivity contribution >= 4 is 33.0 Å². The quantitative estimate of drug-likeness (QED) is 0.439. The van der Waals surface area contributed by atoms with Gasteiger partial charge in [-0.3, -0.25) is 0 Å². The number of rotatable bonds is 6. The molecule has 0 aliphatic carbocycles. The van der Waals surface area contributed by atoms with Crippen LogP contribution in [0.1, 0.15) is 11.1 Å². The van der Waals surface area contributed by atoms with Crippen LogP contribution in [0.3, 0.4) is 0 Å². The zero-order valence-corrected chi connectivity index (χ0v) is 16.8. The zero-order valence-electron chi connectivity index (χ0n) is 15.2. The minimum Gasteiger partial charge on any atom is -0.497 e. The van der Waals surface area contributed by atoms with Crippen LogP contribution in [0.5, 0.6) is 11.5 Å². The average molecular weight is 412 g/mol. The van der Waals surface area contributed by atoms with Gasteiger partial charge in [0, 0.05) is 34.9 Å². The molecule has 3 aromatic carbocycles. The van der Waals surface area contributed by atoms with E-state index in [4.69, 9.17) is 9.47 Å². The molecule has 0 fully saturated rings. The first-order valence-electron chi connectivity index (χ1n) is 8.39. The molecule has 0 aromatic heterocycles. The maximum absolute atomic E-state index is 5.47. The number of alkyl halides is 1. The normalized spacial score (nSPS) is 10.5. The maximum Gasteiger partial charge on any atom is 0.124 e. The molecule has 0 spiro atoms. The summed E-state index contributed by atoms with van der Waals surface area (Å²) in [4.78, 5) is 2.20. The van der Waals surface area contributed by atoms with E-state index >= 15 is 0 Å². The Bertz CT molecular complexity index is 855. The second-order valence-corrected chi connectivity index (χ2v) is 6.61. The lowest BCUT2D eigenvalue weighted by Gasteiger charge is -2.26. The van der Waals surface area contributed by atoms with Crippen LogP contribution >= 0.6 is 15.9 Å². The fourth-order valence-electron chi connectivity index (χ4n) is 2.84. The van der Waals surface area contributed by atoms with Crippen molar-refractivity contribution in [3.63, 3.8) is 0 Å². The Labute approximate surface area is 163 Å². The van der Waals surface area contributed by atoms with Crippen LogP contribution in [0.2, 0.25) is 0 Å². The Morgan fingerprint density at radius 1 is 0.769 bits per heavy atom. The van der Waals surface area contributed by atoms with Crippen LogP contribution in [-0.2, 0) is 5.33 Å². The summed E-state index contributed by atoms with van der Waals surface area (Å²) in [6, 6.07) is 22.9. The molecule has 0 radical (unpaired) electrons. The van der Waals surface area contributed by atoms with E-state index in [9.17, 15) is 0 Å². The number of anilines is 3. The number of nitrogens with zero attached hydrogens (tertiary/aromatic N) is 1. The van der Waals surface area contributed by atoms with Gasteiger partial charge in [-0.1, -0.05) is 45.8 Å². The molecule has 0 aliphatic rings. The van der Waals surface area contributed by atoms with Crippen LogP contribution in [0.4, 0.5) is 17.1 Å². The third kappa shape index (κ3) is 4.02. The molecular weight excluding hydrogens is 390 g/mol. The molecule has 0 unspecified atom stereocenters. The summed E-state index contributed by atoms with van der Waals surface area (Å²) >= 11 is 3.55. The van der Waals surface area contributed by atoms with Crippen LogP contribution in [-0.4, -0.2) is 14.2 Å². The van der Waals surface area contributed by atoms with Crippen LogP contribution in [0, 0.1) is 6.92 Å². The smallest absolute Gasteiger partial charge is 0.124 e. The van der Waals surface area contributed by atoms with E-state index in [1.54, 1.807) is 14.2 Å². The van der Waals surface area contributed by atoms with E-state index in [-0.39, 0.29) is 0 Å². The molecule has 0 N–H and O–H groups in total. The Kier molecular flexibility index (Phi) is 5.84. The minimum absolute atomic E-state index is 0.758. The number of halogens is 1. The van der Waals surface area contributed by atoms with Gasteiger partial charge in [0.15, 0.2) is 0 Å². The Balaban J connectivity index is 2.18. The second-order valence-electron chi connectivity index (χ2n) is 6.05. The van der Waals surface area contributed by atoms with E-state index in [1.165, 1.54) is 11.1 Å². The summed E-state index contributed by atoms with van der Waals surface area (Å²) in [5.74, 6) is 1.52. The predicted octanol–water partition coefficient (Wildman–Crippen LogP) is 6.38. The van der Waals surface area contributed by atoms with Gasteiger partial charge in [0.2, 0.25) is 0 Å². The van der Waals surface area contributed by atoms with Crippen molar-refractivity contribution in [3.05, 3.63) is 77.9 Å². The van der Waals surface area contributed by atoms with Gasteiger partial charge in [-0.25, -0.2) is 0 Å². The van der Waals surface area contributed by atoms with E-state index in [1.807, 2.05) is 18.2 Å². The molecular formula is C22H22BrNO2. The highest BCUT2D eigenvalue weighted by molar-refractivity contribution is 9.08. The van der Waals surface area contributed by atoms with Crippen molar-refractivity contribution in [2.75, 3.05) is 19.1 Å². The molecule has 0 heterocycles. The van der Waals surface area contributed by atoms with E-state index in [0.717, 1.165) is 33.9 Å². The highest BCUT2D eigenvalue weighted by Crippen LogP contribution is 2.39. The molecule has 0 saturated carbocycles. The van der Waals surface area contributed by atoms with Gasteiger partial charge in [-0.2, -0.15) is 0 Å². The van der Waals surface area contributed by atoms with Crippen LogP contribution < -0.4 is 14.4 Å². The molecule has 4 heteroatoms. The topological polar surface area (TPSA) is 21.7 Å². The molecule has 0 amide bonds.